The number of hydrogen-bond acceptors (Lipinski definition) is 10. The van der Waals surface area contributed by atoms with Crippen molar-refractivity contribution < 1.29 is 16.8 Å². The van der Waals surface area contributed by atoms with Crippen LogP contribution in [0.2, 0.25) is 0 Å². The van der Waals surface area contributed by atoms with Crippen molar-refractivity contribution in [2.45, 2.75) is 15.0 Å². The number of anilines is 1. The Bertz CT molecular complexity index is 1510. The fourth-order valence-corrected chi connectivity index (χ4v) is 7.12. The summed E-state index contributed by atoms with van der Waals surface area (Å²) in [4.78, 5) is -1.12. The van der Waals surface area contributed by atoms with Gasteiger partial charge < -0.3 is 22.3 Å². The van der Waals surface area contributed by atoms with E-state index in [9.17, 15) is 16.8 Å². The summed E-state index contributed by atoms with van der Waals surface area (Å²) in [5.74, 6) is 11.0. The molecule has 13 nitrogen and oxygen atoms in total. The van der Waals surface area contributed by atoms with Crippen LogP contribution in [0.15, 0.2) is 45.2 Å². The van der Waals surface area contributed by atoms with E-state index in [-0.39, 0.29) is 35.9 Å². The number of sulfonamides is 1. The topological polar surface area (TPSA) is 227 Å². The van der Waals surface area contributed by atoms with Gasteiger partial charge in [-0.25, -0.2) is 27.8 Å². The molecular weight excluding hydrogens is 470 g/mol. The van der Waals surface area contributed by atoms with Crippen molar-refractivity contribution in [3.8, 4) is 11.1 Å². The molecule has 1 aliphatic rings. The lowest BCUT2D eigenvalue weighted by Gasteiger charge is -2.28. The third-order valence-electron chi connectivity index (χ3n) is 5.59. The van der Waals surface area contributed by atoms with Crippen molar-refractivity contribution in [2.75, 3.05) is 18.8 Å². The van der Waals surface area contributed by atoms with Crippen LogP contribution in [0.1, 0.15) is 5.56 Å². The predicted octanol–water partition coefficient (Wildman–Crippen LogP) is -1.70. The minimum absolute atomic E-state index is 0.183. The minimum Gasteiger partial charge on any atom is -0.382 e. The SMILES string of the molecule is Cn1nc(N)c2c(-c3ccc(S(=O)(=O)C4CNC4)c(S(N)(=O)=O)c3/C(=N/N)NN)cccc21. The van der Waals surface area contributed by atoms with Gasteiger partial charge in [0.25, 0.3) is 0 Å². The number of aryl methyl sites for hydroxylation is 1. The highest BCUT2D eigenvalue weighted by Crippen LogP contribution is 2.39. The highest BCUT2D eigenvalue weighted by molar-refractivity contribution is 7.94. The quantitative estimate of drug-likeness (QED) is 0.102. The van der Waals surface area contributed by atoms with Crippen molar-refractivity contribution in [1.29, 1.82) is 0 Å². The highest BCUT2D eigenvalue weighted by Gasteiger charge is 2.38. The molecule has 0 saturated carbocycles. The van der Waals surface area contributed by atoms with E-state index in [0.29, 0.717) is 16.5 Å². The summed E-state index contributed by atoms with van der Waals surface area (Å²) in [5.41, 5.74) is 9.55. The number of aromatic nitrogens is 2. The van der Waals surface area contributed by atoms with Crippen LogP contribution in [0.4, 0.5) is 5.82 Å². The standard InChI is InChI=1S/C18H23N9O4S2/c1-27-12-4-2-3-10(14(12)17(19)26-27)11-5-6-13(32(28,29)9-7-23-8-9)16(33(22,30)31)15(11)18(24-20)25-21/h2-6,9,23H,7-8,20-21H2,1H3,(H2,19,26)(H,24,25)(H2,22,30,31). The minimum atomic E-state index is -4.60. The van der Waals surface area contributed by atoms with Crippen molar-refractivity contribution >= 4 is 42.4 Å². The number of amidine groups is 1. The number of hydrogen-bond donors (Lipinski definition) is 6. The van der Waals surface area contributed by atoms with Crippen molar-refractivity contribution in [1.82, 2.24) is 20.5 Å². The van der Waals surface area contributed by atoms with Crippen molar-refractivity contribution in [3.63, 3.8) is 0 Å². The maximum atomic E-state index is 13.2. The van der Waals surface area contributed by atoms with Crippen molar-refractivity contribution in [2.24, 2.45) is 29.0 Å². The molecule has 0 amide bonds. The Balaban J connectivity index is 2.18. The number of sulfone groups is 1. The Morgan fingerprint density at radius 2 is 1.88 bits per heavy atom. The number of nitrogens with one attached hydrogen (secondary N) is 2. The Hall–Kier alpha value is -3.24. The van der Waals surface area contributed by atoms with Gasteiger partial charge in [0, 0.05) is 25.7 Å². The van der Waals surface area contributed by atoms with Crippen molar-refractivity contribution in [3.05, 3.63) is 35.9 Å². The molecule has 10 N–H and O–H groups in total. The second-order valence-electron chi connectivity index (χ2n) is 7.52. The first-order valence-electron chi connectivity index (χ1n) is 9.63. The lowest BCUT2D eigenvalue weighted by molar-refractivity contribution is 0.493. The smallest absolute Gasteiger partial charge is 0.240 e. The summed E-state index contributed by atoms with van der Waals surface area (Å²) in [6.45, 7) is 0.365. The van der Waals surface area contributed by atoms with E-state index >= 15 is 0 Å². The van der Waals surface area contributed by atoms with Crippen LogP contribution >= 0.6 is 0 Å². The third kappa shape index (κ3) is 3.59. The molecule has 0 unspecified atom stereocenters. The zero-order valence-electron chi connectivity index (χ0n) is 17.5. The van der Waals surface area contributed by atoms with Crippen LogP contribution in [0, 0.1) is 0 Å². The maximum Gasteiger partial charge on any atom is 0.240 e. The van der Waals surface area contributed by atoms with Crippen LogP contribution in [0.25, 0.3) is 22.0 Å². The number of hydrazone groups is 1. The molecule has 0 atom stereocenters. The number of fused-ring (bicyclic) bond motifs is 1. The van der Waals surface area contributed by atoms with E-state index in [4.69, 9.17) is 22.6 Å². The Morgan fingerprint density at radius 1 is 1.18 bits per heavy atom. The van der Waals surface area contributed by atoms with Gasteiger partial charge in [0.1, 0.15) is 4.90 Å². The molecule has 0 aliphatic carbocycles. The lowest BCUT2D eigenvalue weighted by Crippen LogP contribution is -2.51. The summed E-state index contributed by atoms with van der Waals surface area (Å²) < 4.78 is 53.6. The molecule has 4 rings (SSSR count). The Labute approximate surface area is 189 Å². The molecule has 2 heterocycles. The Kier molecular flexibility index (Phi) is 5.53. The van der Waals surface area contributed by atoms with Gasteiger partial charge in [-0.1, -0.05) is 18.2 Å². The van der Waals surface area contributed by atoms with Gasteiger partial charge in [0.15, 0.2) is 21.5 Å². The zero-order chi connectivity index (χ0) is 24.1. The molecule has 15 heteroatoms. The average Bonchev–Trinajstić information content (AvgIpc) is 3.00. The number of nitrogens with zero attached hydrogens (tertiary/aromatic N) is 3. The molecular formula is C18H23N9O4S2. The lowest BCUT2D eigenvalue weighted by atomic mass is 9.95. The van der Waals surface area contributed by atoms with Crippen LogP contribution in [0.5, 0.6) is 0 Å². The average molecular weight is 494 g/mol. The van der Waals surface area contributed by atoms with Crippen LogP contribution in [-0.2, 0) is 26.9 Å². The normalized spacial score (nSPS) is 15.5. The van der Waals surface area contributed by atoms with Gasteiger partial charge in [-0.3, -0.25) is 4.68 Å². The third-order valence-corrected chi connectivity index (χ3v) is 8.88. The van der Waals surface area contributed by atoms with Crippen LogP contribution < -0.4 is 33.3 Å². The summed E-state index contributed by atoms with van der Waals surface area (Å²) in [7, 11) is -6.96. The Morgan fingerprint density at radius 3 is 2.42 bits per heavy atom. The number of nitrogen functional groups attached to an aromatic ring is 1. The zero-order valence-corrected chi connectivity index (χ0v) is 19.1. The summed E-state index contributed by atoms with van der Waals surface area (Å²) in [6, 6.07) is 7.85. The van der Waals surface area contributed by atoms with E-state index in [2.05, 4.69) is 20.9 Å². The molecule has 2 aromatic carbocycles. The van der Waals surface area contributed by atoms with Gasteiger partial charge >= 0.3 is 0 Å². The van der Waals surface area contributed by atoms with Gasteiger partial charge in [-0.2, -0.15) is 10.2 Å². The van der Waals surface area contributed by atoms with E-state index in [1.54, 1.807) is 29.9 Å². The highest BCUT2D eigenvalue weighted by atomic mass is 32.2. The second-order valence-corrected chi connectivity index (χ2v) is 11.2. The molecule has 1 aliphatic heterocycles. The molecule has 33 heavy (non-hydrogen) atoms. The number of benzene rings is 2. The number of rotatable bonds is 5. The van der Waals surface area contributed by atoms with E-state index in [1.165, 1.54) is 12.1 Å². The van der Waals surface area contributed by atoms with Crippen LogP contribution in [-0.4, -0.2) is 50.8 Å². The second kappa shape index (κ2) is 7.96. The first-order chi connectivity index (χ1) is 15.5. The van der Waals surface area contributed by atoms with Gasteiger partial charge in [-0.15, -0.1) is 0 Å². The van der Waals surface area contributed by atoms with E-state index in [0.717, 1.165) is 0 Å². The largest absolute Gasteiger partial charge is 0.382 e. The summed E-state index contributed by atoms with van der Waals surface area (Å²) in [6.07, 6.45) is 0. The van der Waals surface area contributed by atoms with E-state index in [1.807, 2.05) is 0 Å². The molecule has 0 bridgehead atoms. The molecule has 0 radical (unpaired) electrons. The van der Waals surface area contributed by atoms with Gasteiger partial charge in [0.2, 0.25) is 10.0 Å². The molecule has 1 fully saturated rings. The fraction of sp³-hybridized carbons (Fsp3) is 0.222. The molecule has 176 valence electrons. The predicted molar refractivity (Wildman–Crippen MR) is 124 cm³/mol. The molecule has 1 aromatic heterocycles. The number of nitrogens with two attached hydrogens (primary N) is 4. The van der Waals surface area contributed by atoms with Crippen LogP contribution in [0.3, 0.4) is 0 Å². The number of hydrazine groups is 1. The molecule has 3 aromatic rings. The maximum absolute atomic E-state index is 13.2. The van der Waals surface area contributed by atoms with Gasteiger partial charge in [0.05, 0.1) is 21.0 Å². The van der Waals surface area contributed by atoms with Gasteiger partial charge in [-0.05, 0) is 23.3 Å². The first-order valence-corrected chi connectivity index (χ1v) is 12.7. The first kappa shape index (κ1) is 22.9. The van der Waals surface area contributed by atoms with E-state index < -0.39 is 34.9 Å². The monoisotopic (exact) mass is 493 g/mol. The summed E-state index contributed by atoms with van der Waals surface area (Å²) >= 11 is 0. The number of primary sulfonamides is 1. The summed E-state index contributed by atoms with van der Waals surface area (Å²) in [5, 5.41) is 15.9. The molecule has 0 spiro atoms. The fourth-order valence-electron chi connectivity index (χ4n) is 3.93. The molecule has 1 saturated heterocycles.